The Hall–Kier alpha value is -1.01. The summed E-state index contributed by atoms with van der Waals surface area (Å²) >= 11 is 1.90. The zero-order chi connectivity index (χ0) is 16.1. The van der Waals surface area contributed by atoms with Gasteiger partial charge in [0.15, 0.2) is 0 Å². The van der Waals surface area contributed by atoms with Crippen LogP contribution in [0.25, 0.3) is 0 Å². The fourth-order valence-corrected chi connectivity index (χ4v) is 4.73. The molecule has 1 saturated carbocycles. The Morgan fingerprint density at radius 1 is 1.39 bits per heavy atom. The van der Waals surface area contributed by atoms with E-state index in [9.17, 15) is 4.79 Å². The van der Waals surface area contributed by atoms with E-state index in [-0.39, 0.29) is 12.0 Å². The van der Waals surface area contributed by atoms with Crippen molar-refractivity contribution in [2.75, 3.05) is 20.3 Å². The summed E-state index contributed by atoms with van der Waals surface area (Å²) in [5.41, 5.74) is 0. The van der Waals surface area contributed by atoms with Gasteiger partial charge in [-0.1, -0.05) is 12.8 Å². The van der Waals surface area contributed by atoms with Crippen LogP contribution in [0.15, 0.2) is 17.3 Å². The van der Waals surface area contributed by atoms with E-state index in [0.29, 0.717) is 11.2 Å². The molecule has 0 aromatic carbocycles. The second-order valence-electron chi connectivity index (χ2n) is 6.51. The SMILES string of the molecule is COC(=O)C(CC1CCOCC1)n1cc(SC2CCCC2)cn1. The van der Waals surface area contributed by atoms with Crippen molar-refractivity contribution in [1.82, 2.24) is 9.78 Å². The number of aromatic nitrogens is 2. The molecule has 128 valence electrons. The van der Waals surface area contributed by atoms with Gasteiger partial charge in [0.25, 0.3) is 0 Å². The standard InChI is InChI=1S/C17H26N2O3S/c1-21-17(20)16(10-13-6-8-22-9-7-13)19-12-15(11-18-19)23-14-4-2-3-5-14/h11-14,16H,2-10H2,1H3. The molecule has 2 aliphatic rings. The highest BCUT2D eigenvalue weighted by Gasteiger charge is 2.28. The first kappa shape index (κ1) is 16.8. The normalized spacial score (nSPS) is 21.4. The quantitative estimate of drug-likeness (QED) is 0.744. The molecule has 1 aliphatic carbocycles. The zero-order valence-electron chi connectivity index (χ0n) is 13.8. The van der Waals surface area contributed by atoms with Crippen LogP contribution in [0, 0.1) is 5.92 Å². The minimum Gasteiger partial charge on any atom is -0.467 e. The van der Waals surface area contributed by atoms with Crippen LogP contribution in [0.2, 0.25) is 0 Å². The Bertz CT molecular complexity index is 508. The number of nitrogens with zero attached hydrogens (tertiary/aromatic N) is 2. The van der Waals surface area contributed by atoms with Gasteiger partial charge >= 0.3 is 5.97 Å². The summed E-state index contributed by atoms with van der Waals surface area (Å²) < 4.78 is 12.2. The molecule has 5 nitrogen and oxygen atoms in total. The number of carbonyl (C=O) groups is 1. The third-order valence-electron chi connectivity index (χ3n) is 4.87. The van der Waals surface area contributed by atoms with Crippen molar-refractivity contribution in [1.29, 1.82) is 0 Å². The van der Waals surface area contributed by atoms with Crippen LogP contribution >= 0.6 is 11.8 Å². The highest BCUT2D eigenvalue weighted by molar-refractivity contribution is 8.00. The summed E-state index contributed by atoms with van der Waals surface area (Å²) in [6, 6.07) is -0.318. The monoisotopic (exact) mass is 338 g/mol. The van der Waals surface area contributed by atoms with Crippen molar-refractivity contribution in [3.63, 3.8) is 0 Å². The number of rotatable bonds is 6. The van der Waals surface area contributed by atoms with Gasteiger partial charge in [0, 0.05) is 29.6 Å². The molecular formula is C17H26N2O3S. The van der Waals surface area contributed by atoms with Crippen LogP contribution in [0.3, 0.4) is 0 Å². The summed E-state index contributed by atoms with van der Waals surface area (Å²) in [6.45, 7) is 1.58. The lowest BCUT2D eigenvalue weighted by molar-refractivity contribution is -0.145. The fraction of sp³-hybridized carbons (Fsp3) is 0.765. The first-order valence-electron chi connectivity index (χ1n) is 8.62. The molecule has 23 heavy (non-hydrogen) atoms. The van der Waals surface area contributed by atoms with E-state index < -0.39 is 0 Å². The van der Waals surface area contributed by atoms with Crippen molar-refractivity contribution in [3.8, 4) is 0 Å². The second-order valence-corrected chi connectivity index (χ2v) is 7.88. The molecule has 0 amide bonds. The maximum atomic E-state index is 12.2. The van der Waals surface area contributed by atoms with Gasteiger partial charge in [-0.25, -0.2) is 4.79 Å². The Kier molecular flexibility index (Phi) is 6.00. The van der Waals surface area contributed by atoms with Gasteiger partial charge in [-0.05, 0) is 38.0 Å². The molecular weight excluding hydrogens is 312 g/mol. The molecule has 0 bridgehead atoms. The molecule has 6 heteroatoms. The number of thioether (sulfide) groups is 1. The van der Waals surface area contributed by atoms with Crippen molar-refractivity contribution in [2.45, 2.75) is 61.1 Å². The van der Waals surface area contributed by atoms with Gasteiger partial charge in [0.2, 0.25) is 0 Å². The van der Waals surface area contributed by atoms with Gasteiger partial charge in [-0.15, -0.1) is 11.8 Å². The summed E-state index contributed by atoms with van der Waals surface area (Å²) in [5.74, 6) is 0.306. The number of hydrogen-bond acceptors (Lipinski definition) is 5. The maximum Gasteiger partial charge on any atom is 0.330 e. The average Bonchev–Trinajstić information content (AvgIpc) is 3.25. The van der Waals surface area contributed by atoms with Crippen LogP contribution in [0.5, 0.6) is 0 Å². The van der Waals surface area contributed by atoms with Crippen LogP contribution in [-0.4, -0.2) is 41.3 Å². The van der Waals surface area contributed by atoms with E-state index in [1.165, 1.54) is 32.8 Å². The Labute approximate surface area is 142 Å². The fourth-order valence-electron chi connectivity index (χ4n) is 3.50. The molecule has 0 N–H and O–H groups in total. The van der Waals surface area contributed by atoms with Crippen LogP contribution in [0.1, 0.15) is 51.0 Å². The van der Waals surface area contributed by atoms with Crippen LogP contribution < -0.4 is 0 Å². The van der Waals surface area contributed by atoms with E-state index in [1.54, 1.807) is 4.68 Å². The Morgan fingerprint density at radius 2 is 2.13 bits per heavy atom. The van der Waals surface area contributed by atoms with Gasteiger partial charge in [-0.3, -0.25) is 4.68 Å². The second kappa shape index (κ2) is 8.20. The minimum atomic E-state index is -0.318. The summed E-state index contributed by atoms with van der Waals surface area (Å²) in [7, 11) is 1.46. The lowest BCUT2D eigenvalue weighted by Crippen LogP contribution is -2.26. The summed E-state index contributed by atoms with van der Waals surface area (Å²) in [5, 5.41) is 5.16. The number of carbonyl (C=O) groups excluding carboxylic acids is 1. The van der Waals surface area contributed by atoms with E-state index in [2.05, 4.69) is 5.10 Å². The van der Waals surface area contributed by atoms with Gasteiger partial charge < -0.3 is 9.47 Å². The molecule has 1 saturated heterocycles. The van der Waals surface area contributed by atoms with E-state index in [0.717, 1.165) is 37.4 Å². The molecule has 1 atom stereocenters. The van der Waals surface area contributed by atoms with Gasteiger partial charge in [0.05, 0.1) is 13.3 Å². The number of methoxy groups -OCH3 is 1. The third kappa shape index (κ3) is 4.51. The lowest BCUT2D eigenvalue weighted by Gasteiger charge is -2.25. The maximum absolute atomic E-state index is 12.2. The highest BCUT2D eigenvalue weighted by Crippen LogP contribution is 2.35. The summed E-state index contributed by atoms with van der Waals surface area (Å²) in [6.07, 6.45) is 12.0. The third-order valence-corrected chi connectivity index (χ3v) is 6.16. The van der Waals surface area contributed by atoms with Gasteiger partial charge in [0.1, 0.15) is 6.04 Å². The molecule has 2 fully saturated rings. The highest BCUT2D eigenvalue weighted by atomic mass is 32.2. The first-order chi connectivity index (χ1) is 11.3. The van der Waals surface area contributed by atoms with Gasteiger partial charge in [-0.2, -0.15) is 5.10 Å². The molecule has 1 aromatic heterocycles. The Morgan fingerprint density at radius 3 is 2.83 bits per heavy atom. The lowest BCUT2D eigenvalue weighted by atomic mass is 9.92. The molecule has 3 rings (SSSR count). The first-order valence-corrected chi connectivity index (χ1v) is 9.50. The summed E-state index contributed by atoms with van der Waals surface area (Å²) in [4.78, 5) is 13.4. The predicted molar refractivity (Wildman–Crippen MR) is 89.6 cm³/mol. The number of hydrogen-bond donors (Lipinski definition) is 0. The van der Waals surface area contributed by atoms with Crippen molar-refractivity contribution >= 4 is 17.7 Å². The van der Waals surface area contributed by atoms with Crippen molar-refractivity contribution in [2.24, 2.45) is 5.92 Å². The molecule has 0 radical (unpaired) electrons. The van der Waals surface area contributed by atoms with Crippen molar-refractivity contribution < 1.29 is 14.3 Å². The molecule has 1 aliphatic heterocycles. The van der Waals surface area contributed by atoms with Crippen molar-refractivity contribution in [3.05, 3.63) is 12.4 Å². The minimum absolute atomic E-state index is 0.197. The number of esters is 1. The molecule has 1 unspecified atom stereocenters. The van der Waals surface area contributed by atoms with Crippen LogP contribution in [-0.2, 0) is 14.3 Å². The zero-order valence-corrected chi connectivity index (χ0v) is 14.6. The average molecular weight is 338 g/mol. The smallest absolute Gasteiger partial charge is 0.330 e. The Balaban J connectivity index is 1.66. The number of ether oxygens (including phenoxy) is 2. The van der Waals surface area contributed by atoms with E-state index >= 15 is 0 Å². The molecule has 0 spiro atoms. The van der Waals surface area contributed by atoms with E-state index in [4.69, 9.17) is 9.47 Å². The topological polar surface area (TPSA) is 53.4 Å². The largest absolute Gasteiger partial charge is 0.467 e. The van der Waals surface area contributed by atoms with E-state index in [1.807, 2.05) is 24.2 Å². The van der Waals surface area contributed by atoms with Crippen LogP contribution in [0.4, 0.5) is 0 Å². The predicted octanol–water partition coefficient (Wildman–Crippen LogP) is 3.45. The molecule has 2 heterocycles. The molecule has 1 aromatic rings.